The van der Waals surface area contributed by atoms with Gasteiger partial charge in [-0.05, 0) is 44.0 Å². The summed E-state index contributed by atoms with van der Waals surface area (Å²) in [5.74, 6) is 1.06. The van der Waals surface area contributed by atoms with Crippen molar-refractivity contribution in [1.82, 2.24) is 0 Å². The van der Waals surface area contributed by atoms with Crippen molar-refractivity contribution < 1.29 is 9.21 Å². The van der Waals surface area contributed by atoms with Crippen LogP contribution in [0.25, 0.3) is 0 Å². The summed E-state index contributed by atoms with van der Waals surface area (Å²) in [5, 5.41) is 0. The molecular weight excluding hydrogens is 224 g/mol. The minimum atomic E-state index is 0.0260. The lowest BCUT2D eigenvalue weighted by Crippen LogP contribution is -2.07. The lowest BCUT2D eigenvalue weighted by Gasteiger charge is -2.16. The molecule has 2 nitrogen and oxygen atoms in total. The van der Waals surface area contributed by atoms with Crippen LogP contribution in [0.5, 0.6) is 0 Å². The van der Waals surface area contributed by atoms with Crippen LogP contribution in [-0.2, 0) is 4.79 Å². The maximum atomic E-state index is 11.5. The molecule has 1 aromatic carbocycles. The van der Waals surface area contributed by atoms with E-state index in [1.54, 1.807) is 13.2 Å². The lowest BCUT2D eigenvalue weighted by atomic mass is 9.88. The van der Waals surface area contributed by atoms with Crippen LogP contribution in [0.4, 0.5) is 0 Å². The van der Waals surface area contributed by atoms with Crippen molar-refractivity contribution in [3.8, 4) is 0 Å². The highest BCUT2D eigenvalue weighted by atomic mass is 16.3. The quantitative estimate of drug-likeness (QED) is 0.811. The summed E-state index contributed by atoms with van der Waals surface area (Å²) < 4.78 is 5.48. The molecule has 0 N–H and O–H groups in total. The van der Waals surface area contributed by atoms with Gasteiger partial charge in [0.05, 0.1) is 6.26 Å². The van der Waals surface area contributed by atoms with Gasteiger partial charge in [-0.2, -0.15) is 0 Å². The van der Waals surface area contributed by atoms with Crippen molar-refractivity contribution in [2.24, 2.45) is 0 Å². The van der Waals surface area contributed by atoms with Gasteiger partial charge in [-0.25, -0.2) is 0 Å². The molecule has 2 rings (SSSR count). The van der Waals surface area contributed by atoms with E-state index in [9.17, 15) is 4.79 Å². The van der Waals surface area contributed by atoms with Crippen molar-refractivity contribution in [1.29, 1.82) is 0 Å². The van der Waals surface area contributed by atoms with Gasteiger partial charge < -0.3 is 4.42 Å². The van der Waals surface area contributed by atoms with Crippen molar-refractivity contribution in [3.05, 3.63) is 59.0 Å². The van der Waals surface area contributed by atoms with Crippen LogP contribution in [0.2, 0.25) is 0 Å². The highest BCUT2D eigenvalue weighted by molar-refractivity contribution is 5.77. The molecule has 0 aliphatic heterocycles. The second-order valence-corrected chi connectivity index (χ2v) is 4.83. The molecule has 0 saturated heterocycles. The summed E-state index contributed by atoms with van der Waals surface area (Å²) in [7, 11) is 0. The molecule has 0 fully saturated rings. The maximum Gasteiger partial charge on any atom is 0.130 e. The van der Waals surface area contributed by atoms with Crippen LogP contribution in [0.15, 0.2) is 41.0 Å². The van der Waals surface area contributed by atoms with E-state index in [0.29, 0.717) is 6.42 Å². The molecule has 94 valence electrons. The normalized spacial score (nSPS) is 12.4. The van der Waals surface area contributed by atoms with Gasteiger partial charge in [0.15, 0.2) is 0 Å². The Bertz CT molecular complexity index is 538. The zero-order valence-electron chi connectivity index (χ0n) is 11.1. The largest absolute Gasteiger partial charge is 0.469 e. The number of aryl methyl sites for hydroxylation is 2. The standard InChI is InChI=1S/C16H18O2/c1-11-6-7-14(12(2)9-11)15(10-13(3)17)16-5-4-8-18-16/h4-9,15H,10H2,1-3H3. The van der Waals surface area contributed by atoms with Crippen molar-refractivity contribution in [2.45, 2.75) is 33.1 Å². The van der Waals surface area contributed by atoms with Crippen molar-refractivity contribution in [3.63, 3.8) is 0 Å². The highest BCUT2D eigenvalue weighted by Gasteiger charge is 2.20. The summed E-state index contributed by atoms with van der Waals surface area (Å²) in [5.41, 5.74) is 3.61. The predicted octanol–water partition coefficient (Wildman–Crippen LogP) is 4.01. The fourth-order valence-corrected chi connectivity index (χ4v) is 2.36. The van der Waals surface area contributed by atoms with Crippen LogP contribution < -0.4 is 0 Å². The Labute approximate surface area is 108 Å². The number of carbonyl (C=O) groups is 1. The Morgan fingerprint density at radius 2 is 2.06 bits per heavy atom. The summed E-state index contributed by atoms with van der Waals surface area (Å²) in [4.78, 5) is 11.5. The van der Waals surface area contributed by atoms with Gasteiger partial charge in [0, 0.05) is 12.3 Å². The van der Waals surface area contributed by atoms with Crippen LogP contribution >= 0.6 is 0 Å². The predicted molar refractivity (Wildman–Crippen MR) is 71.8 cm³/mol. The van der Waals surface area contributed by atoms with E-state index in [4.69, 9.17) is 4.42 Å². The number of rotatable bonds is 4. The van der Waals surface area contributed by atoms with Crippen LogP contribution in [0.1, 0.15) is 41.7 Å². The van der Waals surface area contributed by atoms with E-state index in [1.807, 2.05) is 12.1 Å². The number of Topliss-reactive ketones (excluding diaryl/α,β-unsaturated/α-hetero) is 1. The average molecular weight is 242 g/mol. The van der Waals surface area contributed by atoms with Gasteiger partial charge >= 0.3 is 0 Å². The zero-order chi connectivity index (χ0) is 13.1. The number of furan rings is 1. The Balaban J connectivity index is 2.43. The molecule has 18 heavy (non-hydrogen) atoms. The van der Waals surface area contributed by atoms with Gasteiger partial charge in [-0.1, -0.05) is 23.8 Å². The molecule has 0 amide bonds. The maximum absolute atomic E-state index is 11.5. The number of benzene rings is 1. The molecule has 2 aromatic rings. The molecule has 1 unspecified atom stereocenters. The molecule has 2 heteroatoms. The van der Waals surface area contributed by atoms with E-state index in [1.165, 1.54) is 16.7 Å². The highest BCUT2D eigenvalue weighted by Crippen LogP contribution is 2.31. The van der Waals surface area contributed by atoms with Gasteiger partial charge in [-0.3, -0.25) is 4.79 Å². The Morgan fingerprint density at radius 3 is 2.61 bits per heavy atom. The molecule has 1 atom stereocenters. The monoisotopic (exact) mass is 242 g/mol. The third-order valence-electron chi connectivity index (χ3n) is 3.18. The number of hydrogen-bond donors (Lipinski definition) is 0. The number of hydrogen-bond acceptors (Lipinski definition) is 2. The summed E-state index contributed by atoms with van der Waals surface area (Å²) in [6.45, 7) is 5.78. The summed E-state index contributed by atoms with van der Waals surface area (Å²) >= 11 is 0. The Morgan fingerprint density at radius 1 is 1.28 bits per heavy atom. The van der Waals surface area contributed by atoms with E-state index in [-0.39, 0.29) is 11.7 Å². The molecule has 0 spiro atoms. The Kier molecular flexibility index (Phi) is 3.66. The van der Waals surface area contributed by atoms with E-state index < -0.39 is 0 Å². The second-order valence-electron chi connectivity index (χ2n) is 4.83. The van der Waals surface area contributed by atoms with Gasteiger partial charge in [0.25, 0.3) is 0 Å². The van der Waals surface area contributed by atoms with Crippen molar-refractivity contribution >= 4 is 5.78 Å². The minimum absolute atomic E-state index is 0.0260. The summed E-state index contributed by atoms with van der Waals surface area (Å²) in [6.07, 6.45) is 2.14. The first-order valence-electron chi connectivity index (χ1n) is 6.18. The first kappa shape index (κ1) is 12.6. The second kappa shape index (κ2) is 5.21. The topological polar surface area (TPSA) is 30.2 Å². The van der Waals surface area contributed by atoms with Crippen molar-refractivity contribution in [2.75, 3.05) is 0 Å². The van der Waals surface area contributed by atoms with Gasteiger partial charge in [0.1, 0.15) is 11.5 Å². The van der Waals surface area contributed by atoms with Gasteiger partial charge in [0.2, 0.25) is 0 Å². The Hall–Kier alpha value is -1.83. The fraction of sp³-hybridized carbons (Fsp3) is 0.312. The third kappa shape index (κ3) is 2.70. The van der Waals surface area contributed by atoms with E-state index >= 15 is 0 Å². The van der Waals surface area contributed by atoms with E-state index in [2.05, 4.69) is 32.0 Å². The molecule has 1 aromatic heterocycles. The SMILES string of the molecule is CC(=O)CC(c1ccco1)c1ccc(C)cc1C. The lowest BCUT2D eigenvalue weighted by molar-refractivity contribution is -0.117. The molecule has 0 bridgehead atoms. The van der Waals surface area contributed by atoms with Crippen LogP contribution in [-0.4, -0.2) is 5.78 Å². The number of ketones is 1. The first-order chi connectivity index (χ1) is 8.58. The fourth-order valence-electron chi connectivity index (χ4n) is 2.36. The molecule has 0 aliphatic carbocycles. The molecule has 0 radical (unpaired) electrons. The van der Waals surface area contributed by atoms with Gasteiger partial charge in [-0.15, -0.1) is 0 Å². The smallest absolute Gasteiger partial charge is 0.130 e. The molecule has 0 saturated carbocycles. The number of carbonyl (C=O) groups excluding carboxylic acids is 1. The summed E-state index contributed by atoms with van der Waals surface area (Å²) in [6, 6.07) is 10.1. The zero-order valence-corrected chi connectivity index (χ0v) is 11.1. The molecular formula is C16H18O2. The van der Waals surface area contributed by atoms with Crippen LogP contribution in [0, 0.1) is 13.8 Å². The van der Waals surface area contributed by atoms with Crippen LogP contribution in [0.3, 0.4) is 0 Å². The minimum Gasteiger partial charge on any atom is -0.469 e. The third-order valence-corrected chi connectivity index (χ3v) is 3.18. The molecule has 1 heterocycles. The van der Waals surface area contributed by atoms with E-state index in [0.717, 1.165) is 5.76 Å². The molecule has 0 aliphatic rings. The average Bonchev–Trinajstić information content (AvgIpc) is 2.79. The first-order valence-corrected chi connectivity index (χ1v) is 6.18.